The molecule has 0 saturated carbocycles. The fourth-order valence-electron chi connectivity index (χ4n) is 3.02. The minimum atomic E-state index is -3.77. The second kappa shape index (κ2) is 9.57. The van der Waals surface area contributed by atoms with Crippen molar-refractivity contribution in [3.05, 3.63) is 58.6 Å². The second-order valence-corrected chi connectivity index (χ2v) is 8.96. The van der Waals surface area contributed by atoms with Crippen LogP contribution in [0.4, 0.5) is 5.69 Å². The van der Waals surface area contributed by atoms with Crippen molar-refractivity contribution in [1.82, 2.24) is 9.62 Å². The lowest BCUT2D eigenvalue weighted by Gasteiger charge is -2.26. The maximum Gasteiger partial charge on any atom is 0.257 e. The van der Waals surface area contributed by atoms with E-state index >= 15 is 0 Å². The molecule has 0 aromatic heterocycles. The van der Waals surface area contributed by atoms with Crippen LogP contribution >= 0.6 is 11.6 Å². The summed E-state index contributed by atoms with van der Waals surface area (Å²) in [6.45, 7) is 1.14. The molecule has 0 unspecified atom stereocenters. The molecule has 8 nitrogen and oxygen atoms in total. The minimum absolute atomic E-state index is 0.0161. The van der Waals surface area contributed by atoms with Crippen LogP contribution in [0, 0.1) is 0 Å². The van der Waals surface area contributed by atoms with E-state index < -0.39 is 15.9 Å². The Morgan fingerprint density at radius 2 is 1.83 bits per heavy atom. The summed E-state index contributed by atoms with van der Waals surface area (Å²) in [5.41, 5.74) is 1.10. The molecule has 0 atom stereocenters. The number of carbonyl (C=O) groups excluding carboxylic acids is 2. The Bertz CT molecular complexity index is 1050. The molecule has 0 radical (unpaired) electrons. The van der Waals surface area contributed by atoms with Gasteiger partial charge in [-0.1, -0.05) is 29.8 Å². The molecule has 2 N–H and O–H groups in total. The zero-order valence-corrected chi connectivity index (χ0v) is 17.9. The minimum Gasteiger partial charge on any atom is -0.379 e. The molecular weight excluding hydrogens is 430 g/mol. The fourth-order valence-corrected chi connectivity index (χ4v) is 4.66. The molecule has 2 aromatic carbocycles. The van der Waals surface area contributed by atoms with Gasteiger partial charge in [-0.2, -0.15) is 4.31 Å². The fraction of sp³-hybridized carbons (Fsp3) is 0.300. The first kappa shape index (κ1) is 22.2. The topological polar surface area (TPSA) is 105 Å². The number of likely N-dealkylation sites (N-methyl/N-ethyl adjacent to an activating group) is 1. The highest BCUT2D eigenvalue weighted by Crippen LogP contribution is 2.25. The normalized spacial score (nSPS) is 14.9. The molecule has 0 spiro atoms. The maximum atomic E-state index is 12.9. The van der Waals surface area contributed by atoms with Crippen LogP contribution in [0.2, 0.25) is 5.02 Å². The zero-order valence-electron chi connectivity index (χ0n) is 16.4. The number of carbonyl (C=O) groups is 2. The lowest BCUT2D eigenvalue weighted by Crippen LogP contribution is -2.40. The predicted octanol–water partition coefficient (Wildman–Crippen LogP) is 1.90. The smallest absolute Gasteiger partial charge is 0.257 e. The predicted molar refractivity (Wildman–Crippen MR) is 113 cm³/mol. The Hall–Kier alpha value is -2.46. The van der Waals surface area contributed by atoms with Crippen LogP contribution in [0.3, 0.4) is 0 Å². The van der Waals surface area contributed by atoms with Crippen molar-refractivity contribution in [1.29, 1.82) is 0 Å². The van der Waals surface area contributed by atoms with Gasteiger partial charge in [-0.15, -0.1) is 0 Å². The first-order valence-electron chi connectivity index (χ1n) is 9.30. The van der Waals surface area contributed by atoms with Gasteiger partial charge in [0, 0.05) is 25.8 Å². The van der Waals surface area contributed by atoms with Crippen molar-refractivity contribution in [3.8, 4) is 0 Å². The molecule has 30 heavy (non-hydrogen) atoms. The Morgan fingerprint density at radius 1 is 1.13 bits per heavy atom. The molecule has 2 amide bonds. The lowest BCUT2D eigenvalue weighted by atomic mass is 10.1. The molecule has 1 saturated heterocycles. The molecule has 2 aromatic rings. The van der Waals surface area contributed by atoms with Crippen LogP contribution < -0.4 is 10.6 Å². The van der Waals surface area contributed by atoms with E-state index in [0.717, 1.165) is 0 Å². The number of hydrogen-bond acceptors (Lipinski definition) is 5. The van der Waals surface area contributed by atoms with Gasteiger partial charge in [0.1, 0.15) is 0 Å². The van der Waals surface area contributed by atoms with Crippen LogP contribution in [0.5, 0.6) is 0 Å². The van der Waals surface area contributed by atoms with Crippen LogP contribution in [0.25, 0.3) is 0 Å². The van der Waals surface area contributed by atoms with Crippen LogP contribution in [-0.4, -0.2) is 57.9 Å². The molecule has 0 aliphatic carbocycles. The summed E-state index contributed by atoms with van der Waals surface area (Å²) >= 11 is 6.19. The summed E-state index contributed by atoms with van der Waals surface area (Å²) in [5, 5.41) is 5.38. The molecule has 1 aliphatic rings. The Kier molecular flexibility index (Phi) is 7.09. The molecular formula is C20H22ClN3O5S. The number of nitrogens with one attached hydrogen (secondary N) is 2. The molecule has 10 heteroatoms. The average molecular weight is 452 g/mol. The quantitative estimate of drug-likeness (QED) is 0.698. The van der Waals surface area contributed by atoms with Gasteiger partial charge in [0.05, 0.1) is 35.1 Å². The van der Waals surface area contributed by atoms with E-state index in [0.29, 0.717) is 24.5 Å². The Morgan fingerprint density at radius 3 is 2.53 bits per heavy atom. The summed E-state index contributed by atoms with van der Waals surface area (Å²) in [6, 6.07) is 10.9. The van der Waals surface area contributed by atoms with E-state index in [1.54, 1.807) is 24.3 Å². The Labute approximate surface area is 180 Å². The van der Waals surface area contributed by atoms with Gasteiger partial charge in [-0.3, -0.25) is 9.59 Å². The summed E-state index contributed by atoms with van der Waals surface area (Å²) in [5.74, 6) is -0.767. The van der Waals surface area contributed by atoms with Crippen LogP contribution in [-0.2, 0) is 26.0 Å². The van der Waals surface area contributed by atoms with Crippen molar-refractivity contribution in [2.24, 2.45) is 0 Å². The second-order valence-electron chi connectivity index (χ2n) is 6.62. The number of benzene rings is 2. The van der Waals surface area contributed by atoms with Gasteiger partial charge in [-0.25, -0.2) is 8.42 Å². The summed E-state index contributed by atoms with van der Waals surface area (Å²) in [4.78, 5) is 24.6. The monoisotopic (exact) mass is 451 g/mol. The van der Waals surface area contributed by atoms with E-state index in [1.807, 2.05) is 0 Å². The molecule has 1 fully saturated rings. The number of hydrogen-bond donors (Lipinski definition) is 2. The largest absolute Gasteiger partial charge is 0.379 e. The number of nitrogens with zero attached hydrogens (tertiary/aromatic N) is 1. The lowest BCUT2D eigenvalue weighted by molar-refractivity contribution is -0.119. The van der Waals surface area contributed by atoms with Gasteiger partial charge in [0.2, 0.25) is 15.9 Å². The molecule has 160 valence electrons. The highest BCUT2D eigenvalue weighted by atomic mass is 35.5. The standard InChI is InChI=1S/C20H22ClN3O5S/c1-22-19(25)12-14-4-2-3-5-18(14)23-20(26)16-13-15(6-7-17(16)21)30(27,28)24-8-10-29-11-9-24/h2-7,13H,8-12H2,1H3,(H,22,25)(H,23,26). The summed E-state index contributed by atoms with van der Waals surface area (Å²) in [7, 11) is -2.24. The number of rotatable bonds is 6. The molecule has 0 bridgehead atoms. The zero-order chi connectivity index (χ0) is 21.7. The van der Waals surface area contributed by atoms with Crippen molar-refractivity contribution in [2.75, 3.05) is 38.7 Å². The van der Waals surface area contributed by atoms with Crippen molar-refractivity contribution in [3.63, 3.8) is 0 Å². The first-order chi connectivity index (χ1) is 14.3. The maximum absolute atomic E-state index is 12.9. The van der Waals surface area contributed by atoms with Crippen molar-refractivity contribution in [2.45, 2.75) is 11.3 Å². The number of halogens is 1. The Balaban J connectivity index is 1.87. The highest BCUT2D eigenvalue weighted by molar-refractivity contribution is 7.89. The summed E-state index contributed by atoms with van der Waals surface area (Å²) in [6.07, 6.45) is 0.0894. The van der Waals surface area contributed by atoms with E-state index in [1.165, 1.54) is 29.6 Å². The van der Waals surface area contributed by atoms with Crippen molar-refractivity contribution < 1.29 is 22.7 Å². The van der Waals surface area contributed by atoms with Gasteiger partial charge in [0.25, 0.3) is 5.91 Å². The number of sulfonamides is 1. The number of ether oxygens (including phenoxy) is 1. The van der Waals surface area contributed by atoms with E-state index in [4.69, 9.17) is 16.3 Å². The summed E-state index contributed by atoms with van der Waals surface area (Å²) < 4.78 is 32.3. The van der Waals surface area contributed by atoms with Gasteiger partial charge in [0.15, 0.2) is 0 Å². The van der Waals surface area contributed by atoms with E-state index in [2.05, 4.69) is 10.6 Å². The highest BCUT2D eigenvalue weighted by Gasteiger charge is 2.27. The molecule has 1 heterocycles. The van der Waals surface area contributed by atoms with Crippen LogP contribution in [0.1, 0.15) is 15.9 Å². The third-order valence-electron chi connectivity index (χ3n) is 4.69. The first-order valence-corrected chi connectivity index (χ1v) is 11.1. The molecule has 1 aliphatic heterocycles. The van der Waals surface area contributed by atoms with E-state index in [-0.39, 0.29) is 40.9 Å². The third kappa shape index (κ3) is 4.99. The van der Waals surface area contributed by atoms with Gasteiger partial charge in [-0.05, 0) is 29.8 Å². The average Bonchev–Trinajstić information content (AvgIpc) is 2.75. The SMILES string of the molecule is CNC(=O)Cc1ccccc1NC(=O)c1cc(S(=O)(=O)N2CCOCC2)ccc1Cl. The van der Waals surface area contributed by atoms with Gasteiger partial charge < -0.3 is 15.4 Å². The number of morpholine rings is 1. The van der Waals surface area contributed by atoms with E-state index in [9.17, 15) is 18.0 Å². The van der Waals surface area contributed by atoms with Gasteiger partial charge >= 0.3 is 0 Å². The molecule has 3 rings (SSSR count). The van der Waals surface area contributed by atoms with Crippen LogP contribution in [0.15, 0.2) is 47.4 Å². The number of para-hydroxylation sites is 1. The third-order valence-corrected chi connectivity index (χ3v) is 6.91. The van der Waals surface area contributed by atoms with Crippen molar-refractivity contribution >= 4 is 39.1 Å². The number of amides is 2. The number of anilines is 1.